The molecule has 0 atom stereocenters. The normalized spacial score (nSPS) is 11.8. The van der Waals surface area contributed by atoms with Gasteiger partial charge in [-0.1, -0.05) is 47.3 Å². The second-order valence-corrected chi connectivity index (χ2v) is 14.4. The molecule has 6 heteroatoms. The Balaban J connectivity index is 0.000000314. The third-order valence-corrected chi connectivity index (χ3v) is 5.86. The van der Waals surface area contributed by atoms with Gasteiger partial charge in [0.05, 0.1) is 5.69 Å². The highest BCUT2D eigenvalue weighted by atomic mass is 28.3. The second kappa shape index (κ2) is 10.1. The number of hydrogen-bond donors (Lipinski definition) is 1. The van der Waals surface area contributed by atoms with E-state index in [-0.39, 0.29) is 0 Å². The zero-order valence-electron chi connectivity index (χ0n) is 18.2. The van der Waals surface area contributed by atoms with Crippen molar-refractivity contribution in [1.29, 1.82) is 0 Å². The topological polar surface area (TPSA) is 55.7 Å². The zero-order chi connectivity index (χ0) is 19.9. The molecule has 26 heavy (non-hydrogen) atoms. The zero-order valence-corrected chi connectivity index (χ0v) is 19.2. The van der Waals surface area contributed by atoms with E-state index in [1.165, 1.54) is 11.7 Å². The van der Waals surface area contributed by atoms with Crippen molar-refractivity contribution in [3.63, 3.8) is 0 Å². The van der Waals surface area contributed by atoms with E-state index in [1.54, 1.807) is 0 Å². The molecule has 5 nitrogen and oxygen atoms in total. The minimum atomic E-state index is -0.972. The summed E-state index contributed by atoms with van der Waals surface area (Å²) in [4.78, 5) is 11.8. The van der Waals surface area contributed by atoms with Crippen LogP contribution in [0.15, 0.2) is 12.4 Å². The summed E-state index contributed by atoms with van der Waals surface area (Å²) in [6.07, 6.45) is 3.99. The lowest BCUT2D eigenvalue weighted by atomic mass is 10.2. The molecule has 2 rings (SSSR count). The number of aromatic nitrogens is 4. The molecule has 0 fully saturated rings. The molecule has 2 aromatic heterocycles. The number of nitrogens with one attached hydrogen (secondary N) is 1. The quantitative estimate of drug-likeness (QED) is 0.513. The lowest BCUT2D eigenvalue weighted by molar-refractivity contribution is 0.0857. The molecule has 1 N–H and O–H groups in total. The highest BCUT2D eigenvalue weighted by Crippen LogP contribution is 2.14. The number of H-pyrrole nitrogens is 1. The first-order valence-corrected chi connectivity index (χ1v) is 13.3. The standard InChI is InChI=1S/C13H26N2OSi.C7H12N2/c1-11(2)13-9-15(12(3)14-13)10-16-7-8-17(4,5)6;1-5(2)7-4-8-6(3)9-7/h9,11H,7-8,10H2,1-6H3;4-5H,1-3H3,(H,8,9). The first-order valence-electron chi connectivity index (χ1n) is 9.62. The number of nitrogens with zero attached hydrogens (tertiary/aromatic N) is 3. The Morgan fingerprint density at radius 2 is 1.77 bits per heavy atom. The smallest absolute Gasteiger partial charge is 0.123 e. The van der Waals surface area contributed by atoms with E-state index in [2.05, 4.69) is 73.1 Å². The van der Waals surface area contributed by atoms with Gasteiger partial charge < -0.3 is 14.3 Å². The van der Waals surface area contributed by atoms with Crippen molar-refractivity contribution in [3.05, 3.63) is 35.4 Å². The molecule has 0 aliphatic heterocycles. The Morgan fingerprint density at radius 1 is 1.12 bits per heavy atom. The predicted molar refractivity (Wildman–Crippen MR) is 113 cm³/mol. The summed E-state index contributed by atoms with van der Waals surface area (Å²) in [5, 5.41) is 0. The minimum absolute atomic E-state index is 0.483. The number of aryl methyl sites for hydroxylation is 2. The Labute approximate surface area is 160 Å². The van der Waals surface area contributed by atoms with Crippen molar-refractivity contribution in [1.82, 2.24) is 19.5 Å². The van der Waals surface area contributed by atoms with Crippen molar-refractivity contribution in [2.24, 2.45) is 0 Å². The summed E-state index contributed by atoms with van der Waals surface area (Å²) >= 11 is 0. The third-order valence-electron chi connectivity index (χ3n) is 4.16. The van der Waals surface area contributed by atoms with Crippen LogP contribution in [0.2, 0.25) is 25.7 Å². The van der Waals surface area contributed by atoms with Crippen LogP contribution >= 0.6 is 0 Å². The molecular weight excluding hydrogens is 340 g/mol. The first-order chi connectivity index (χ1) is 12.0. The SMILES string of the molecule is Cc1nc(C(C)C)cn1COCC[Si](C)(C)C.Cc1ncc(C(C)C)[nH]1. The Morgan fingerprint density at radius 3 is 2.15 bits per heavy atom. The molecule has 0 aliphatic rings. The van der Waals surface area contributed by atoms with Crippen LogP contribution in [-0.2, 0) is 11.5 Å². The summed E-state index contributed by atoms with van der Waals surface area (Å²) in [5.41, 5.74) is 2.36. The molecule has 0 amide bonds. The maximum absolute atomic E-state index is 5.73. The van der Waals surface area contributed by atoms with Crippen molar-refractivity contribution in [2.75, 3.05) is 6.61 Å². The summed E-state index contributed by atoms with van der Waals surface area (Å²) in [6.45, 7) is 21.2. The predicted octanol–water partition coefficient (Wildman–Crippen LogP) is 5.47. The summed E-state index contributed by atoms with van der Waals surface area (Å²) < 4.78 is 7.82. The lowest BCUT2D eigenvalue weighted by Gasteiger charge is -2.15. The molecule has 0 bridgehead atoms. The molecule has 2 heterocycles. The van der Waals surface area contributed by atoms with Gasteiger partial charge in [0.2, 0.25) is 0 Å². The number of imidazole rings is 2. The van der Waals surface area contributed by atoms with Crippen LogP contribution in [0.25, 0.3) is 0 Å². The Hall–Kier alpha value is -1.40. The number of ether oxygens (including phenoxy) is 1. The van der Waals surface area contributed by atoms with Crippen LogP contribution in [0.3, 0.4) is 0 Å². The van der Waals surface area contributed by atoms with Crippen LogP contribution < -0.4 is 0 Å². The van der Waals surface area contributed by atoms with Crippen LogP contribution in [0.4, 0.5) is 0 Å². The van der Waals surface area contributed by atoms with Gasteiger partial charge in [-0.25, -0.2) is 9.97 Å². The Bertz CT molecular complexity index is 653. The molecule has 148 valence electrons. The van der Waals surface area contributed by atoms with Crippen molar-refractivity contribution in [2.45, 2.75) is 85.8 Å². The maximum Gasteiger partial charge on any atom is 0.123 e. The first kappa shape index (κ1) is 22.6. The fourth-order valence-corrected chi connectivity index (χ4v) is 2.97. The number of hydrogen-bond acceptors (Lipinski definition) is 3. The molecule has 0 saturated heterocycles. The second-order valence-electron chi connectivity index (χ2n) is 8.76. The maximum atomic E-state index is 5.73. The molecule has 0 saturated carbocycles. The summed E-state index contributed by atoms with van der Waals surface area (Å²) in [5.74, 6) is 3.09. The van der Waals surface area contributed by atoms with E-state index in [0.29, 0.717) is 18.6 Å². The third kappa shape index (κ3) is 8.32. The van der Waals surface area contributed by atoms with Gasteiger partial charge >= 0.3 is 0 Å². The molecule has 2 aromatic rings. The van der Waals surface area contributed by atoms with Gasteiger partial charge in [0.25, 0.3) is 0 Å². The van der Waals surface area contributed by atoms with Gasteiger partial charge in [0.1, 0.15) is 18.4 Å². The van der Waals surface area contributed by atoms with Crippen LogP contribution in [0.5, 0.6) is 0 Å². The van der Waals surface area contributed by atoms with Gasteiger partial charge in [0.15, 0.2) is 0 Å². The van der Waals surface area contributed by atoms with Gasteiger partial charge in [-0.15, -0.1) is 0 Å². The van der Waals surface area contributed by atoms with E-state index in [4.69, 9.17) is 4.74 Å². The van der Waals surface area contributed by atoms with Crippen molar-refractivity contribution in [3.8, 4) is 0 Å². The van der Waals surface area contributed by atoms with E-state index < -0.39 is 8.07 Å². The van der Waals surface area contributed by atoms with Gasteiger partial charge in [0, 0.05) is 32.8 Å². The van der Waals surface area contributed by atoms with E-state index in [1.807, 2.05) is 20.0 Å². The molecule has 0 unspecified atom stereocenters. The van der Waals surface area contributed by atoms with Crippen molar-refractivity contribution >= 4 is 8.07 Å². The van der Waals surface area contributed by atoms with E-state index in [9.17, 15) is 0 Å². The molecule has 0 aromatic carbocycles. The van der Waals surface area contributed by atoms with Crippen LogP contribution in [-0.4, -0.2) is 34.2 Å². The number of aromatic amines is 1. The lowest BCUT2D eigenvalue weighted by Crippen LogP contribution is -2.22. The highest BCUT2D eigenvalue weighted by Gasteiger charge is 2.12. The summed E-state index contributed by atoms with van der Waals surface area (Å²) in [7, 11) is -0.972. The molecule has 0 radical (unpaired) electrons. The van der Waals surface area contributed by atoms with E-state index in [0.717, 1.165) is 23.9 Å². The van der Waals surface area contributed by atoms with Gasteiger partial charge in [-0.3, -0.25) is 0 Å². The monoisotopic (exact) mass is 378 g/mol. The van der Waals surface area contributed by atoms with Crippen LogP contribution in [0, 0.1) is 13.8 Å². The Kier molecular flexibility index (Phi) is 8.76. The average molecular weight is 379 g/mol. The van der Waals surface area contributed by atoms with E-state index >= 15 is 0 Å². The largest absolute Gasteiger partial charge is 0.361 e. The van der Waals surface area contributed by atoms with Crippen LogP contribution in [0.1, 0.15) is 62.6 Å². The number of rotatable bonds is 7. The highest BCUT2D eigenvalue weighted by molar-refractivity contribution is 6.76. The molecule has 0 aliphatic carbocycles. The molecular formula is C20H38N4OSi. The fourth-order valence-electron chi connectivity index (χ4n) is 2.22. The van der Waals surface area contributed by atoms with Gasteiger partial charge in [-0.05, 0) is 31.7 Å². The average Bonchev–Trinajstić information content (AvgIpc) is 3.10. The minimum Gasteiger partial charge on any atom is -0.361 e. The summed E-state index contributed by atoms with van der Waals surface area (Å²) in [6, 6.07) is 1.22. The molecule has 0 spiro atoms. The fraction of sp³-hybridized carbons (Fsp3) is 0.700. The van der Waals surface area contributed by atoms with Crippen molar-refractivity contribution < 1.29 is 4.74 Å². The van der Waals surface area contributed by atoms with Gasteiger partial charge in [-0.2, -0.15) is 0 Å².